The maximum Gasteiger partial charge on any atom is 0.252 e. The molecular formula is C11H20N2O2S. The van der Waals surface area contributed by atoms with Gasteiger partial charge in [-0.05, 0) is 25.7 Å². The zero-order chi connectivity index (χ0) is 12.3. The van der Waals surface area contributed by atoms with Crippen LogP contribution < -0.4 is 11.1 Å². The molecule has 4 nitrogen and oxygen atoms in total. The molecule has 0 aromatic carbocycles. The minimum Gasteiger partial charge on any atom is -0.392 e. The van der Waals surface area contributed by atoms with E-state index in [1.165, 1.54) is 0 Å². The number of thiocarbonyl (C=S) groups is 1. The number of hydrogen-bond donors (Lipinski definition) is 2. The molecule has 0 spiro atoms. The molecule has 0 radical (unpaired) electrons. The van der Waals surface area contributed by atoms with Crippen LogP contribution in [0.2, 0.25) is 0 Å². The smallest absolute Gasteiger partial charge is 0.252 e. The van der Waals surface area contributed by atoms with Crippen LogP contribution in [0.1, 0.15) is 33.6 Å². The van der Waals surface area contributed by atoms with Crippen molar-refractivity contribution in [2.75, 3.05) is 6.61 Å². The molecule has 2 atom stereocenters. The van der Waals surface area contributed by atoms with E-state index in [0.29, 0.717) is 11.6 Å². The highest BCUT2D eigenvalue weighted by Crippen LogP contribution is 2.25. The standard InChI is InChI=1S/C11H20N2O2S/c1-7(2)8(9(12)16)13-10(14)11(3)5-4-6-15-11/h7-8H,4-6H2,1-3H3,(H2,12,16)(H,13,14). The third-order valence-electron chi connectivity index (χ3n) is 2.96. The SMILES string of the molecule is CC(C)C(NC(=O)C1(C)CCCO1)C(N)=S. The van der Waals surface area contributed by atoms with Gasteiger partial charge < -0.3 is 15.8 Å². The average molecular weight is 244 g/mol. The lowest BCUT2D eigenvalue weighted by Gasteiger charge is -2.27. The van der Waals surface area contributed by atoms with Gasteiger partial charge in [-0.25, -0.2) is 0 Å². The van der Waals surface area contributed by atoms with E-state index in [1.807, 2.05) is 20.8 Å². The van der Waals surface area contributed by atoms with Gasteiger partial charge in [0, 0.05) is 6.61 Å². The normalized spacial score (nSPS) is 26.8. The van der Waals surface area contributed by atoms with Gasteiger partial charge in [0.25, 0.3) is 5.91 Å². The van der Waals surface area contributed by atoms with E-state index in [4.69, 9.17) is 22.7 Å². The molecule has 0 saturated carbocycles. The van der Waals surface area contributed by atoms with E-state index in [9.17, 15) is 4.79 Å². The number of nitrogens with one attached hydrogen (secondary N) is 1. The van der Waals surface area contributed by atoms with Crippen molar-refractivity contribution in [1.82, 2.24) is 5.32 Å². The average Bonchev–Trinajstić information content (AvgIpc) is 2.61. The van der Waals surface area contributed by atoms with Crippen LogP contribution in [0.5, 0.6) is 0 Å². The molecule has 1 amide bonds. The fourth-order valence-corrected chi connectivity index (χ4v) is 2.15. The Balaban J connectivity index is 2.65. The summed E-state index contributed by atoms with van der Waals surface area (Å²) in [5.74, 6) is 0.0722. The molecule has 16 heavy (non-hydrogen) atoms. The molecule has 0 aliphatic carbocycles. The highest BCUT2D eigenvalue weighted by molar-refractivity contribution is 7.80. The summed E-state index contributed by atoms with van der Waals surface area (Å²) in [7, 11) is 0. The van der Waals surface area contributed by atoms with Gasteiger partial charge in [-0.3, -0.25) is 4.79 Å². The van der Waals surface area contributed by atoms with Gasteiger partial charge >= 0.3 is 0 Å². The molecule has 1 fully saturated rings. The topological polar surface area (TPSA) is 64.3 Å². The van der Waals surface area contributed by atoms with E-state index in [1.54, 1.807) is 0 Å². The van der Waals surface area contributed by atoms with Crippen LogP contribution in [0, 0.1) is 5.92 Å². The van der Waals surface area contributed by atoms with Crippen LogP contribution >= 0.6 is 12.2 Å². The molecule has 3 N–H and O–H groups in total. The van der Waals surface area contributed by atoms with Crippen molar-refractivity contribution < 1.29 is 9.53 Å². The summed E-state index contributed by atoms with van der Waals surface area (Å²) in [6.07, 6.45) is 1.67. The molecule has 5 heteroatoms. The molecule has 1 heterocycles. The van der Waals surface area contributed by atoms with Crippen LogP contribution in [-0.2, 0) is 9.53 Å². The first-order valence-electron chi connectivity index (χ1n) is 5.61. The van der Waals surface area contributed by atoms with E-state index in [0.717, 1.165) is 12.8 Å². The highest BCUT2D eigenvalue weighted by Gasteiger charge is 2.39. The quantitative estimate of drug-likeness (QED) is 0.724. The molecule has 0 bridgehead atoms. The second kappa shape index (κ2) is 5.10. The van der Waals surface area contributed by atoms with Gasteiger partial charge in [-0.15, -0.1) is 0 Å². The molecule has 1 aliphatic rings. The minimum absolute atomic E-state index is 0.114. The number of nitrogens with two attached hydrogens (primary N) is 1. The number of carbonyl (C=O) groups excluding carboxylic acids is 1. The van der Waals surface area contributed by atoms with Gasteiger partial charge in [-0.1, -0.05) is 26.1 Å². The van der Waals surface area contributed by atoms with Crippen LogP contribution in [0.4, 0.5) is 0 Å². The largest absolute Gasteiger partial charge is 0.392 e. The highest BCUT2D eigenvalue weighted by atomic mass is 32.1. The lowest BCUT2D eigenvalue weighted by molar-refractivity contribution is -0.140. The summed E-state index contributed by atoms with van der Waals surface area (Å²) in [5, 5.41) is 2.87. The second-order valence-electron chi connectivity index (χ2n) is 4.78. The predicted octanol–water partition coefficient (Wildman–Crippen LogP) is 0.982. The van der Waals surface area contributed by atoms with Crippen molar-refractivity contribution in [3.05, 3.63) is 0 Å². The number of ether oxygens (including phenoxy) is 1. The predicted molar refractivity (Wildman–Crippen MR) is 67.1 cm³/mol. The summed E-state index contributed by atoms with van der Waals surface area (Å²) in [6, 6.07) is -0.261. The first-order valence-corrected chi connectivity index (χ1v) is 6.02. The van der Waals surface area contributed by atoms with Gasteiger partial charge in [-0.2, -0.15) is 0 Å². The van der Waals surface area contributed by atoms with Gasteiger partial charge in [0.05, 0.1) is 11.0 Å². The van der Waals surface area contributed by atoms with Crippen LogP contribution in [-0.4, -0.2) is 29.1 Å². The molecule has 92 valence electrons. The van der Waals surface area contributed by atoms with E-state index < -0.39 is 5.60 Å². The fourth-order valence-electron chi connectivity index (χ4n) is 1.82. The molecule has 1 saturated heterocycles. The maximum atomic E-state index is 12.0. The number of amides is 1. The van der Waals surface area contributed by atoms with Crippen LogP contribution in [0.15, 0.2) is 0 Å². The lowest BCUT2D eigenvalue weighted by Crippen LogP contribution is -2.53. The fraction of sp³-hybridized carbons (Fsp3) is 0.818. The van der Waals surface area contributed by atoms with Crippen molar-refractivity contribution in [2.24, 2.45) is 11.7 Å². The Bertz CT molecular complexity index is 286. The Hall–Kier alpha value is -0.680. The van der Waals surface area contributed by atoms with Gasteiger partial charge in [0.1, 0.15) is 5.60 Å². The van der Waals surface area contributed by atoms with Crippen molar-refractivity contribution in [2.45, 2.75) is 45.3 Å². The number of carbonyl (C=O) groups is 1. The van der Waals surface area contributed by atoms with Crippen molar-refractivity contribution in [3.8, 4) is 0 Å². The Kier molecular flexibility index (Phi) is 4.27. The Morgan fingerprint density at radius 3 is 2.56 bits per heavy atom. The molecular weight excluding hydrogens is 224 g/mol. The van der Waals surface area contributed by atoms with E-state index >= 15 is 0 Å². The summed E-state index contributed by atoms with van der Waals surface area (Å²) in [4.78, 5) is 12.4. The zero-order valence-corrected chi connectivity index (χ0v) is 10.9. The lowest BCUT2D eigenvalue weighted by atomic mass is 9.99. The monoisotopic (exact) mass is 244 g/mol. The first kappa shape index (κ1) is 13.4. The summed E-state index contributed by atoms with van der Waals surface area (Å²) >= 11 is 4.94. The third kappa shape index (κ3) is 2.92. The number of hydrogen-bond acceptors (Lipinski definition) is 3. The van der Waals surface area contributed by atoms with Gasteiger partial charge in [0.2, 0.25) is 0 Å². The zero-order valence-electron chi connectivity index (χ0n) is 10.1. The summed E-state index contributed by atoms with van der Waals surface area (Å²) in [5.41, 5.74) is 4.89. The Labute approximate surface area is 102 Å². The Morgan fingerprint density at radius 1 is 1.56 bits per heavy atom. The van der Waals surface area contributed by atoms with Gasteiger partial charge in [0.15, 0.2) is 0 Å². The Morgan fingerprint density at radius 2 is 2.19 bits per heavy atom. The summed E-state index contributed by atoms with van der Waals surface area (Å²) in [6.45, 7) is 6.40. The third-order valence-corrected chi connectivity index (χ3v) is 3.21. The molecule has 0 aromatic rings. The molecule has 2 unspecified atom stereocenters. The first-order chi connectivity index (χ1) is 7.37. The van der Waals surface area contributed by atoms with E-state index in [2.05, 4.69) is 5.32 Å². The van der Waals surface area contributed by atoms with Crippen LogP contribution in [0.3, 0.4) is 0 Å². The second-order valence-corrected chi connectivity index (χ2v) is 5.25. The minimum atomic E-state index is -0.710. The maximum absolute atomic E-state index is 12.0. The van der Waals surface area contributed by atoms with Crippen LogP contribution in [0.25, 0.3) is 0 Å². The van der Waals surface area contributed by atoms with E-state index in [-0.39, 0.29) is 17.9 Å². The molecule has 0 aromatic heterocycles. The number of rotatable bonds is 4. The molecule has 1 aliphatic heterocycles. The van der Waals surface area contributed by atoms with Crippen molar-refractivity contribution in [1.29, 1.82) is 0 Å². The summed E-state index contributed by atoms with van der Waals surface area (Å²) < 4.78 is 5.47. The molecule has 1 rings (SSSR count). The van der Waals surface area contributed by atoms with Crippen molar-refractivity contribution >= 4 is 23.1 Å². The van der Waals surface area contributed by atoms with Crippen molar-refractivity contribution in [3.63, 3.8) is 0 Å².